The van der Waals surface area contributed by atoms with E-state index in [2.05, 4.69) is 22.1 Å². The topological polar surface area (TPSA) is 65.5 Å². The number of carbonyl (C=O) groups is 1. The zero-order valence-corrected chi connectivity index (χ0v) is 12.5. The molecule has 0 aliphatic heterocycles. The Labute approximate surface area is 118 Å². The predicted molar refractivity (Wildman–Crippen MR) is 78.3 cm³/mol. The standard InChI is InChI=1S/C13H23N3O2S/c1-3-4-5-6-16(7-8-17)9-12-10-19-13(15-12)14-11(2)18/h10,17H,3-9H2,1-2H3,(H,14,15,18). The summed E-state index contributed by atoms with van der Waals surface area (Å²) in [5, 5.41) is 14.4. The van der Waals surface area contributed by atoms with E-state index in [1.165, 1.54) is 31.1 Å². The van der Waals surface area contributed by atoms with Gasteiger partial charge in [-0.25, -0.2) is 4.98 Å². The van der Waals surface area contributed by atoms with Crippen LogP contribution in [0.2, 0.25) is 0 Å². The van der Waals surface area contributed by atoms with Crippen LogP contribution >= 0.6 is 11.3 Å². The van der Waals surface area contributed by atoms with Crippen molar-refractivity contribution in [2.75, 3.05) is 25.0 Å². The summed E-state index contributed by atoms with van der Waals surface area (Å²) >= 11 is 1.43. The lowest BCUT2D eigenvalue weighted by atomic mass is 10.2. The molecule has 1 heterocycles. The maximum atomic E-state index is 10.9. The zero-order valence-electron chi connectivity index (χ0n) is 11.7. The number of thiazole rings is 1. The van der Waals surface area contributed by atoms with E-state index < -0.39 is 0 Å². The number of aliphatic hydroxyl groups excluding tert-OH is 1. The SMILES string of the molecule is CCCCCN(CCO)Cc1csc(NC(C)=O)n1. The van der Waals surface area contributed by atoms with Gasteiger partial charge in [0.1, 0.15) is 0 Å². The Morgan fingerprint density at radius 3 is 2.89 bits per heavy atom. The Bertz CT molecular complexity index is 382. The van der Waals surface area contributed by atoms with Gasteiger partial charge < -0.3 is 10.4 Å². The van der Waals surface area contributed by atoms with Crippen molar-refractivity contribution in [1.82, 2.24) is 9.88 Å². The monoisotopic (exact) mass is 285 g/mol. The third kappa shape index (κ3) is 6.66. The molecule has 6 heteroatoms. The molecule has 0 saturated carbocycles. The molecule has 0 spiro atoms. The highest BCUT2D eigenvalue weighted by molar-refractivity contribution is 7.13. The number of hydrogen-bond acceptors (Lipinski definition) is 5. The van der Waals surface area contributed by atoms with E-state index in [9.17, 15) is 4.79 Å². The van der Waals surface area contributed by atoms with Crippen LogP contribution in [0.4, 0.5) is 5.13 Å². The lowest BCUT2D eigenvalue weighted by Gasteiger charge is -2.19. The highest BCUT2D eigenvalue weighted by Crippen LogP contribution is 2.16. The Morgan fingerprint density at radius 1 is 1.47 bits per heavy atom. The van der Waals surface area contributed by atoms with E-state index in [1.807, 2.05) is 5.38 Å². The second kappa shape index (κ2) is 9.01. The van der Waals surface area contributed by atoms with Gasteiger partial charge in [0.2, 0.25) is 5.91 Å². The number of amides is 1. The molecular weight excluding hydrogens is 262 g/mol. The maximum Gasteiger partial charge on any atom is 0.223 e. The van der Waals surface area contributed by atoms with Crippen LogP contribution in [0.5, 0.6) is 0 Å². The first-order valence-electron chi connectivity index (χ1n) is 6.71. The van der Waals surface area contributed by atoms with Crippen molar-refractivity contribution in [2.24, 2.45) is 0 Å². The first-order chi connectivity index (χ1) is 9.15. The van der Waals surface area contributed by atoms with Crippen molar-refractivity contribution < 1.29 is 9.90 Å². The molecule has 1 aromatic heterocycles. The number of hydrogen-bond donors (Lipinski definition) is 2. The highest BCUT2D eigenvalue weighted by atomic mass is 32.1. The van der Waals surface area contributed by atoms with Gasteiger partial charge in [0.05, 0.1) is 12.3 Å². The van der Waals surface area contributed by atoms with Gasteiger partial charge in [0.15, 0.2) is 5.13 Å². The van der Waals surface area contributed by atoms with Crippen LogP contribution in [0.1, 0.15) is 38.8 Å². The number of aromatic nitrogens is 1. The van der Waals surface area contributed by atoms with Crippen LogP contribution in [-0.4, -0.2) is 40.6 Å². The molecule has 0 radical (unpaired) electrons. The van der Waals surface area contributed by atoms with Gasteiger partial charge in [0, 0.05) is 25.4 Å². The molecule has 0 aromatic carbocycles. The third-order valence-corrected chi connectivity index (χ3v) is 3.52. The van der Waals surface area contributed by atoms with E-state index in [1.54, 1.807) is 0 Å². The second-order valence-electron chi connectivity index (χ2n) is 4.53. The fraction of sp³-hybridized carbons (Fsp3) is 0.692. The largest absolute Gasteiger partial charge is 0.395 e. The average Bonchev–Trinajstić information content (AvgIpc) is 2.76. The van der Waals surface area contributed by atoms with Crippen LogP contribution in [0.15, 0.2) is 5.38 Å². The van der Waals surface area contributed by atoms with Gasteiger partial charge in [0.25, 0.3) is 0 Å². The van der Waals surface area contributed by atoms with Crippen molar-refractivity contribution in [3.63, 3.8) is 0 Å². The molecule has 1 amide bonds. The van der Waals surface area contributed by atoms with Crippen LogP contribution in [0, 0.1) is 0 Å². The minimum Gasteiger partial charge on any atom is -0.395 e. The lowest BCUT2D eigenvalue weighted by molar-refractivity contribution is -0.114. The smallest absolute Gasteiger partial charge is 0.223 e. The summed E-state index contributed by atoms with van der Waals surface area (Å²) in [6.45, 7) is 6.17. The zero-order chi connectivity index (χ0) is 14.1. The molecule has 1 aromatic rings. The molecular formula is C13H23N3O2S. The molecule has 0 bridgehead atoms. The molecule has 0 aliphatic carbocycles. The Morgan fingerprint density at radius 2 is 2.26 bits per heavy atom. The summed E-state index contributed by atoms with van der Waals surface area (Å²) in [5.41, 5.74) is 0.943. The summed E-state index contributed by atoms with van der Waals surface area (Å²) in [6, 6.07) is 0. The summed E-state index contributed by atoms with van der Waals surface area (Å²) in [7, 11) is 0. The third-order valence-electron chi connectivity index (χ3n) is 2.71. The molecule has 0 fully saturated rings. The average molecular weight is 285 g/mol. The fourth-order valence-electron chi connectivity index (χ4n) is 1.81. The van der Waals surface area contributed by atoms with E-state index in [0.717, 1.165) is 25.2 Å². The number of unbranched alkanes of at least 4 members (excludes halogenated alkanes) is 2. The molecule has 0 atom stereocenters. The summed E-state index contributed by atoms with van der Waals surface area (Å²) < 4.78 is 0. The van der Waals surface area contributed by atoms with E-state index in [-0.39, 0.29) is 12.5 Å². The van der Waals surface area contributed by atoms with Gasteiger partial charge in [-0.3, -0.25) is 9.69 Å². The van der Waals surface area contributed by atoms with Gasteiger partial charge >= 0.3 is 0 Å². The number of nitrogens with one attached hydrogen (secondary N) is 1. The van der Waals surface area contributed by atoms with Crippen molar-refractivity contribution in [3.05, 3.63) is 11.1 Å². The Kier molecular flexibility index (Phi) is 7.62. The molecule has 19 heavy (non-hydrogen) atoms. The Balaban J connectivity index is 2.47. The van der Waals surface area contributed by atoms with Crippen LogP contribution in [0.3, 0.4) is 0 Å². The predicted octanol–water partition coefficient (Wildman–Crippen LogP) is 2.09. The van der Waals surface area contributed by atoms with Gasteiger partial charge in [-0.2, -0.15) is 0 Å². The van der Waals surface area contributed by atoms with Crippen molar-refractivity contribution in [2.45, 2.75) is 39.7 Å². The van der Waals surface area contributed by atoms with Gasteiger partial charge in [-0.15, -0.1) is 11.3 Å². The first kappa shape index (κ1) is 16.1. The number of carbonyl (C=O) groups excluding carboxylic acids is 1. The summed E-state index contributed by atoms with van der Waals surface area (Å²) in [4.78, 5) is 17.5. The molecule has 0 saturated heterocycles. The molecule has 5 nitrogen and oxygen atoms in total. The van der Waals surface area contributed by atoms with Crippen molar-refractivity contribution >= 4 is 22.4 Å². The second-order valence-corrected chi connectivity index (χ2v) is 5.39. The number of aliphatic hydroxyl groups is 1. The minimum absolute atomic E-state index is 0.101. The number of nitrogens with zero attached hydrogens (tertiary/aromatic N) is 2. The van der Waals surface area contributed by atoms with Crippen LogP contribution in [-0.2, 0) is 11.3 Å². The molecule has 1 rings (SSSR count). The normalized spacial score (nSPS) is 10.9. The fourth-order valence-corrected chi connectivity index (χ4v) is 2.56. The molecule has 108 valence electrons. The van der Waals surface area contributed by atoms with Gasteiger partial charge in [-0.1, -0.05) is 19.8 Å². The summed E-state index contributed by atoms with van der Waals surface area (Å²) in [6.07, 6.45) is 3.53. The lowest BCUT2D eigenvalue weighted by Crippen LogP contribution is -2.27. The molecule has 2 N–H and O–H groups in total. The number of rotatable bonds is 9. The molecule has 0 unspecified atom stereocenters. The quantitative estimate of drug-likeness (QED) is 0.682. The van der Waals surface area contributed by atoms with Gasteiger partial charge in [-0.05, 0) is 13.0 Å². The van der Waals surface area contributed by atoms with E-state index >= 15 is 0 Å². The number of anilines is 1. The van der Waals surface area contributed by atoms with E-state index in [4.69, 9.17) is 5.11 Å². The first-order valence-corrected chi connectivity index (χ1v) is 7.59. The van der Waals surface area contributed by atoms with Crippen molar-refractivity contribution in [1.29, 1.82) is 0 Å². The van der Waals surface area contributed by atoms with Crippen molar-refractivity contribution in [3.8, 4) is 0 Å². The highest BCUT2D eigenvalue weighted by Gasteiger charge is 2.09. The molecule has 0 aliphatic rings. The maximum absolute atomic E-state index is 10.9. The summed E-state index contributed by atoms with van der Waals surface area (Å²) in [5.74, 6) is -0.101. The van der Waals surface area contributed by atoms with Crippen LogP contribution < -0.4 is 5.32 Å². The minimum atomic E-state index is -0.101. The van der Waals surface area contributed by atoms with E-state index in [0.29, 0.717) is 11.7 Å². The Hall–Kier alpha value is -0.980. The van der Waals surface area contributed by atoms with Crippen LogP contribution in [0.25, 0.3) is 0 Å².